The van der Waals surface area contributed by atoms with E-state index in [0.717, 1.165) is 11.1 Å². The van der Waals surface area contributed by atoms with Gasteiger partial charge in [-0.25, -0.2) is 4.79 Å². The number of anilines is 1. The number of benzene rings is 2. The number of carbonyl (C=O) groups is 1. The average molecular weight is 342 g/mol. The molecule has 0 bridgehead atoms. The minimum absolute atomic E-state index is 0.236. The van der Waals surface area contributed by atoms with Crippen LogP contribution in [0, 0.1) is 11.3 Å². The standard InChI is InChI=1S/C21H18N4O/c1-15(18-10-5-7-16(13-18)14-22)24-21(26)25-19-11-6-12-23-20(19)17-8-3-2-4-9-17/h2-13,15H,1H3,(H2,24,25,26). The Morgan fingerprint density at radius 1 is 1.08 bits per heavy atom. The highest BCUT2D eigenvalue weighted by molar-refractivity contribution is 5.93. The molecule has 3 aromatic rings. The van der Waals surface area contributed by atoms with Gasteiger partial charge in [0, 0.05) is 11.8 Å². The van der Waals surface area contributed by atoms with Crippen LogP contribution in [0.15, 0.2) is 72.9 Å². The summed E-state index contributed by atoms with van der Waals surface area (Å²) >= 11 is 0. The minimum Gasteiger partial charge on any atom is -0.331 e. The third kappa shape index (κ3) is 4.05. The maximum absolute atomic E-state index is 12.4. The van der Waals surface area contributed by atoms with Crippen molar-refractivity contribution in [1.82, 2.24) is 10.3 Å². The zero-order chi connectivity index (χ0) is 18.4. The van der Waals surface area contributed by atoms with Gasteiger partial charge in [-0.15, -0.1) is 0 Å². The lowest BCUT2D eigenvalue weighted by molar-refractivity contribution is 0.249. The number of aromatic nitrogens is 1. The Morgan fingerprint density at radius 3 is 2.65 bits per heavy atom. The predicted octanol–water partition coefficient (Wildman–Crippen LogP) is 4.50. The van der Waals surface area contributed by atoms with Gasteiger partial charge in [-0.1, -0.05) is 42.5 Å². The number of nitriles is 1. The van der Waals surface area contributed by atoms with Crippen molar-refractivity contribution in [2.24, 2.45) is 0 Å². The van der Waals surface area contributed by atoms with E-state index >= 15 is 0 Å². The number of amides is 2. The smallest absolute Gasteiger partial charge is 0.319 e. The fourth-order valence-corrected chi connectivity index (χ4v) is 2.65. The summed E-state index contributed by atoms with van der Waals surface area (Å²) in [5, 5.41) is 14.8. The van der Waals surface area contributed by atoms with Crippen LogP contribution < -0.4 is 10.6 Å². The maximum Gasteiger partial charge on any atom is 0.319 e. The van der Waals surface area contributed by atoms with Gasteiger partial charge in [-0.05, 0) is 36.8 Å². The number of nitrogens with one attached hydrogen (secondary N) is 2. The Morgan fingerprint density at radius 2 is 1.88 bits per heavy atom. The van der Waals surface area contributed by atoms with Crippen LogP contribution in [0.5, 0.6) is 0 Å². The molecule has 0 aliphatic carbocycles. The quantitative estimate of drug-likeness (QED) is 0.732. The number of pyridine rings is 1. The number of hydrogen-bond acceptors (Lipinski definition) is 3. The van der Waals surface area contributed by atoms with Crippen molar-refractivity contribution in [1.29, 1.82) is 5.26 Å². The molecule has 0 radical (unpaired) electrons. The molecule has 2 amide bonds. The first-order valence-electron chi connectivity index (χ1n) is 8.25. The summed E-state index contributed by atoms with van der Waals surface area (Å²) in [6.07, 6.45) is 1.70. The summed E-state index contributed by atoms with van der Waals surface area (Å²) in [4.78, 5) is 16.8. The molecule has 0 fully saturated rings. The third-order valence-electron chi connectivity index (χ3n) is 3.97. The lowest BCUT2D eigenvalue weighted by atomic mass is 10.1. The van der Waals surface area contributed by atoms with Crippen LogP contribution in [-0.4, -0.2) is 11.0 Å². The van der Waals surface area contributed by atoms with Crippen molar-refractivity contribution in [3.8, 4) is 17.3 Å². The topological polar surface area (TPSA) is 77.8 Å². The molecule has 0 saturated carbocycles. The van der Waals surface area contributed by atoms with Crippen molar-refractivity contribution in [2.75, 3.05) is 5.32 Å². The lowest BCUT2D eigenvalue weighted by Crippen LogP contribution is -2.31. The van der Waals surface area contributed by atoms with E-state index in [1.807, 2.05) is 49.4 Å². The molecule has 128 valence electrons. The number of nitrogens with zero attached hydrogens (tertiary/aromatic N) is 2. The van der Waals surface area contributed by atoms with Crippen LogP contribution in [0.2, 0.25) is 0 Å². The highest BCUT2D eigenvalue weighted by Crippen LogP contribution is 2.25. The summed E-state index contributed by atoms with van der Waals surface area (Å²) in [5.41, 5.74) is 3.71. The van der Waals surface area contributed by atoms with Crippen molar-refractivity contribution in [2.45, 2.75) is 13.0 Å². The zero-order valence-corrected chi connectivity index (χ0v) is 14.3. The Bertz CT molecular complexity index is 947. The summed E-state index contributed by atoms with van der Waals surface area (Å²) < 4.78 is 0. The molecule has 0 spiro atoms. The van der Waals surface area contributed by atoms with Crippen LogP contribution in [0.4, 0.5) is 10.5 Å². The van der Waals surface area contributed by atoms with E-state index in [1.54, 1.807) is 30.5 Å². The normalized spacial score (nSPS) is 11.2. The second-order valence-corrected chi connectivity index (χ2v) is 5.82. The summed E-state index contributed by atoms with van der Waals surface area (Å²) in [5.74, 6) is 0. The first-order chi connectivity index (χ1) is 12.7. The van der Waals surface area contributed by atoms with Gasteiger partial charge in [-0.2, -0.15) is 5.26 Å². The third-order valence-corrected chi connectivity index (χ3v) is 3.97. The van der Waals surface area contributed by atoms with E-state index in [1.165, 1.54) is 0 Å². The predicted molar refractivity (Wildman–Crippen MR) is 101 cm³/mol. The molecule has 5 nitrogen and oxygen atoms in total. The van der Waals surface area contributed by atoms with Crippen LogP contribution >= 0.6 is 0 Å². The summed E-state index contributed by atoms with van der Waals surface area (Å²) in [7, 11) is 0. The van der Waals surface area contributed by atoms with Gasteiger partial charge in [-0.3, -0.25) is 4.98 Å². The Hall–Kier alpha value is -3.65. The molecule has 2 aromatic carbocycles. The summed E-state index contributed by atoms with van der Waals surface area (Å²) in [6, 6.07) is 22.0. The first kappa shape index (κ1) is 17.2. The van der Waals surface area contributed by atoms with Crippen LogP contribution in [0.1, 0.15) is 24.1 Å². The van der Waals surface area contributed by atoms with E-state index in [-0.39, 0.29) is 12.1 Å². The van der Waals surface area contributed by atoms with E-state index in [0.29, 0.717) is 16.9 Å². The fourth-order valence-electron chi connectivity index (χ4n) is 2.65. The van der Waals surface area contributed by atoms with Crippen LogP contribution in [-0.2, 0) is 0 Å². The molecule has 3 rings (SSSR count). The number of hydrogen-bond donors (Lipinski definition) is 2. The van der Waals surface area contributed by atoms with Gasteiger partial charge in [0.15, 0.2) is 0 Å². The molecule has 1 unspecified atom stereocenters. The lowest BCUT2D eigenvalue weighted by Gasteiger charge is -2.16. The Labute approximate surface area is 152 Å². The molecule has 1 heterocycles. The molecule has 1 aromatic heterocycles. The SMILES string of the molecule is CC(NC(=O)Nc1cccnc1-c1ccccc1)c1cccc(C#N)c1. The molecule has 5 heteroatoms. The van der Waals surface area contributed by atoms with E-state index in [2.05, 4.69) is 21.7 Å². The molecular weight excluding hydrogens is 324 g/mol. The van der Waals surface area contributed by atoms with Crippen LogP contribution in [0.25, 0.3) is 11.3 Å². The Kier molecular flexibility index (Phi) is 5.25. The van der Waals surface area contributed by atoms with Crippen LogP contribution in [0.3, 0.4) is 0 Å². The minimum atomic E-state index is -0.329. The molecule has 0 saturated heterocycles. The van der Waals surface area contributed by atoms with E-state index in [4.69, 9.17) is 5.26 Å². The highest BCUT2D eigenvalue weighted by Gasteiger charge is 2.13. The zero-order valence-electron chi connectivity index (χ0n) is 14.3. The van der Waals surface area contributed by atoms with E-state index in [9.17, 15) is 4.79 Å². The first-order valence-corrected chi connectivity index (χ1v) is 8.25. The van der Waals surface area contributed by atoms with Crippen molar-refractivity contribution in [3.63, 3.8) is 0 Å². The molecule has 2 N–H and O–H groups in total. The fraction of sp³-hybridized carbons (Fsp3) is 0.0952. The number of urea groups is 1. The number of carbonyl (C=O) groups excluding carboxylic acids is 1. The molecule has 1 atom stereocenters. The van der Waals surface area contributed by atoms with Gasteiger partial charge < -0.3 is 10.6 Å². The van der Waals surface area contributed by atoms with Gasteiger partial charge >= 0.3 is 6.03 Å². The number of rotatable bonds is 4. The van der Waals surface area contributed by atoms with Gasteiger partial charge in [0.1, 0.15) is 0 Å². The van der Waals surface area contributed by atoms with Gasteiger partial charge in [0.25, 0.3) is 0 Å². The van der Waals surface area contributed by atoms with Gasteiger partial charge in [0.2, 0.25) is 0 Å². The molecule has 0 aliphatic heterocycles. The largest absolute Gasteiger partial charge is 0.331 e. The second-order valence-electron chi connectivity index (χ2n) is 5.82. The van der Waals surface area contributed by atoms with Crippen molar-refractivity contribution < 1.29 is 4.79 Å². The van der Waals surface area contributed by atoms with E-state index < -0.39 is 0 Å². The molecule has 0 aliphatic rings. The van der Waals surface area contributed by atoms with Crippen molar-refractivity contribution in [3.05, 3.63) is 84.1 Å². The molecule has 26 heavy (non-hydrogen) atoms. The van der Waals surface area contributed by atoms with Gasteiger partial charge in [0.05, 0.1) is 29.1 Å². The maximum atomic E-state index is 12.4. The average Bonchev–Trinajstić information content (AvgIpc) is 2.69. The highest BCUT2D eigenvalue weighted by atomic mass is 16.2. The monoisotopic (exact) mass is 342 g/mol. The van der Waals surface area contributed by atoms with Crippen molar-refractivity contribution >= 4 is 11.7 Å². The Balaban J connectivity index is 1.74. The summed E-state index contributed by atoms with van der Waals surface area (Å²) in [6.45, 7) is 1.87. The molecular formula is C21H18N4O. The second kappa shape index (κ2) is 7.95.